The molecule has 1 aromatic rings. The van der Waals surface area contributed by atoms with Crippen LogP contribution in [0, 0.1) is 0 Å². The predicted molar refractivity (Wildman–Crippen MR) is 63.6 cm³/mol. The Morgan fingerprint density at radius 2 is 2.24 bits per heavy atom. The van der Waals surface area contributed by atoms with Gasteiger partial charge < -0.3 is 14.6 Å². The molecule has 0 aromatic carbocycles. The third kappa shape index (κ3) is 3.78. The summed E-state index contributed by atoms with van der Waals surface area (Å²) in [5.74, 6) is 1.40. The summed E-state index contributed by atoms with van der Waals surface area (Å²) in [4.78, 5) is 4.34. The van der Waals surface area contributed by atoms with Gasteiger partial charge in [-0.05, 0) is 19.8 Å². The molecule has 1 saturated carbocycles. The third-order valence-corrected chi connectivity index (χ3v) is 3.28. The fourth-order valence-electron chi connectivity index (χ4n) is 2.15. The van der Waals surface area contributed by atoms with Crippen LogP contribution in [0.5, 0.6) is 0 Å². The van der Waals surface area contributed by atoms with Crippen LogP contribution in [-0.4, -0.2) is 29.4 Å². The van der Waals surface area contributed by atoms with Crippen molar-refractivity contribution in [2.24, 2.45) is 0 Å². The van der Waals surface area contributed by atoms with Gasteiger partial charge in [-0.25, -0.2) is 0 Å². The number of nitrogens with zero attached hydrogens (tertiary/aromatic N) is 2. The van der Waals surface area contributed by atoms with Gasteiger partial charge in [0.15, 0.2) is 5.82 Å². The van der Waals surface area contributed by atoms with Crippen LogP contribution in [0.2, 0.25) is 0 Å². The van der Waals surface area contributed by atoms with Gasteiger partial charge in [0.1, 0.15) is 0 Å². The summed E-state index contributed by atoms with van der Waals surface area (Å²) in [6.45, 7) is 2.67. The second-order valence-electron chi connectivity index (χ2n) is 4.72. The first-order valence-corrected chi connectivity index (χ1v) is 6.35. The molecule has 1 heterocycles. The summed E-state index contributed by atoms with van der Waals surface area (Å²) in [6, 6.07) is 0.628. The molecular weight excluding hydrogens is 218 g/mol. The molecule has 0 aliphatic heterocycles. The molecule has 0 amide bonds. The SMILES string of the molecule is COC(C)Cc1noc(CNC2CCCC2)n1. The maximum atomic E-state index is 5.19. The average Bonchev–Trinajstić information content (AvgIpc) is 2.97. The van der Waals surface area contributed by atoms with E-state index in [2.05, 4.69) is 15.5 Å². The Morgan fingerprint density at radius 1 is 1.47 bits per heavy atom. The van der Waals surface area contributed by atoms with E-state index in [0.717, 1.165) is 5.82 Å². The fourth-order valence-corrected chi connectivity index (χ4v) is 2.15. The summed E-state index contributed by atoms with van der Waals surface area (Å²) < 4.78 is 10.4. The van der Waals surface area contributed by atoms with Crippen molar-refractivity contribution < 1.29 is 9.26 Å². The largest absolute Gasteiger partial charge is 0.381 e. The van der Waals surface area contributed by atoms with E-state index in [-0.39, 0.29) is 6.10 Å². The predicted octanol–water partition coefficient (Wildman–Crippen LogP) is 1.68. The third-order valence-electron chi connectivity index (χ3n) is 3.28. The number of methoxy groups -OCH3 is 1. The Morgan fingerprint density at radius 3 is 2.94 bits per heavy atom. The van der Waals surface area contributed by atoms with Crippen molar-refractivity contribution in [1.29, 1.82) is 0 Å². The van der Waals surface area contributed by atoms with Crippen LogP contribution in [0.1, 0.15) is 44.3 Å². The lowest BCUT2D eigenvalue weighted by Gasteiger charge is -2.08. The lowest BCUT2D eigenvalue weighted by atomic mass is 10.2. The highest BCUT2D eigenvalue weighted by molar-refractivity contribution is 4.88. The molecule has 1 aliphatic rings. The zero-order valence-electron chi connectivity index (χ0n) is 10.6. The van der Waals surface area contributed by atoms with E-state index in [1.807, 2.05) is 6.92 Å². The van der Waals surface area contributed by atoms with Gasteiger partial charge in [0, 0.05) is 19.6 Å². The van der Waals surface area contributed by atoms with Crippen LogP contribution in [-0.2, 0) is 17.7 Å². The van der Waals surface area contributed by atoms with E-state index in [1.165, 1.54) is 25.7 Å². The van der Waals surface area contributed by atoms with E-state index >= 15 is 0 Å². The minimum absolute atomic E-state index is 0.128. The second-order valence-corrected chi connectivity index (χ2v) is 4.72. The summed E-state index contributed by atoms with van der Waals surface area (Å²) in [5, 5.41) is 7.39. The molecule has 0 saturated heterocycles. The second kappa shape index (κ2) is 6.12. The molecule has 1 fully saturated rings. The van der Waals surface area contributed by atoms with Gasteiger partial charge in [0.05, 0.1) is 12.6 Å². The standard InChI is InChI=1S/C12H21N3O2/c1-9(16-2)7-11-14-12(17-15-11)8-13-10-5-3-4-6-10/h9-10,13H,3-8H2,1-2H3. The van der Waals surface area contributed by atoms with Crippen LogP contribution in [0.3, 0.4) is 0 Å². The molecular formula is C12H21N3O2. The lowest BCUT2D eigenvalue weighted by molar-refractivity contribution is 0.116. The van der Waals surface area contributed by atoms with Gasteiger partial charge in [-0.15, -0.1) is 0 Å². The highest BCUT2D eigenvalue weighted by Crippen LogP contribution is 2.17. The van der Waals surface area contributed by atoms with Crippen molar-refractivity contribution in [2.45, 2.75) is 57.7 Å². The molecule has 17 heavy (non-hydrogen) atoms. The molecule has 0 bridgehead atoms. The first-order chi connectivity index (χ1) is 8.28. The molecule has 0 radical (unpaired) electrons. The first-order valence-electron chi connectivity index (χ1n) is 6.35. The number of nitrogens with one attached hydrogen (secondary N) is 1. The van der Waals surface area contributed by atoms with Crippen molar-refractivity contribution in [1.82, 2.24) is 15.5 Å². The van der Waals surface area contributed by atoms with Crippen molar-refractivity contribution in [3.8, 4) is 0 Å². The number of aromatic nitrogens is 2. The molecule has 1 aromatic heterocycles. The number of hydrogen-bond donors (Lipinski definition) is 1. The smallest absolute Gasteiger partial charge is 0.240 e. The van der Waals surface area contributed by atoms with Crippen molar-refractivity contribution in [2.75, 3.05) is 7.11 Å². The Balaban J connectivity index is 1.77. The van der Waals surface area contributed by atoms with E-state index < -0.39 is 0 Å². The van der Waals surface area contributed by atoms with Crippen molar-refractivity contribution in [3.63, 3.8) is 0 Å². The summed E-state index contributed by atoms with van der Waals surface area (Å²) in [7, 11) is 1.69. The summed E-state index contributed by atoms with van der Waals surface area (Å²) in [5.41, 5.74) is 0. The number of rotatable bonds is 6. The summed E-state index contributed by atoms with van der Waals surface area (Å²) >= 11 is 0. The lowest BCUT2D eigenvalue weighted by Crippen LogP contribution is -2.25. The zero-order chi connectivity index (χ0) is 12.1. The van der Waals surface area contributed by atoms with Gasteiger partial charge in [-0.2, -0.15) is 4.98 Å². The minimum Gasteiger partial charge on any atom is -0.381 e. The monoisotopic (exact) mass is 239 g/mol. The van der Waals surface area contributed by atoms with E-state index in [9.17, 15) is 0 Å². The van der Waals surface area contributed by atoms with Crippen LogP contribution in [0.4, 0.5) is 0 Å². The van der Waals surface area contributed by atoms with Crippen LogP contribution < -0.4 is 5.32 Å². The Bertz CT molecular complexity index is 334. The Hall–Kier alpha value is -0.940. The topological polar surface area (TPSA) is 60.2 Å². The van der Waals surface area contributed by atoms with E-state index in [0.29, 0.717) is 24.9 Å². The normalized spacial score (nSPS) is 18.7. The molecule has 5 heteroatoms. The molecule has 96 valence electrons. The van der Waals surface area contributed by atoms with Gasteiger partial charge in [-0.3, -0.25) is 0 Å². The Labute approximate surface area is 102 Å². The molecule has 1 atom stereocenters. The van der Waals surface area contributed by atoms with Gasteiger partial charge >= 0.3 is 0 Å². The molecule has 0 spiro atoms. The molecule has 2 rings (SSSR count). The van der Waals surface area contributed by atoms with Crippen LogP contribution in [0.15, 0.2) is 4.52 Å². The molecule has 5 nitrogen and oxygen atoms in total. The van der Waals surface area contributed by atoms with E-state index in [4.69, 9.17) is 9.26 Å². The highest BCUT2D eigenvalue weighted by Gasteiger charge is 2.16. The zero-order valence-corrected chi connectivity index (χ0v) is 10.6. The van der Waals surface area contributed by atoms with Crippen molar-refractivity contribution >= 4 is 0 Å². The maximum absolute atomic E-state index is 5.19. The Kier molecular flexibility index (Phi) is 4.50. The summed E-state index contributed by atoms with van der Waals surface area (Å²) in [6.07, 6.45) is 6.02. The van der Waals surface area contributed by atoms with Gasteiger partial charge in [0.25, 0.3) is 0 Å². The fraction of sp³-hybridized carbons (Fsp3) is 0.833. The quantitative estimate of drug-likeness (QED) is 0.818. The molecule has 1 unspecified atom stereocenters. The van der Waals surface area contributed by atoms with Gasteiger partial charge in [0.2, 0.25) is 5.89 Å². The minimum atomic E-state index is 0.128. The van der Waals surface area contributed by atoms with Gasteiger partial charge in [-0.1, -0.05) is 18.0 Å². The van der Waals surface area contributed by atoms with Crippen molar-refractivity contribution in [3.05, 3.63) is 11.7 Å². The van der Waals surface area contributed by atoms with Crippen LogP contribution >= 0.6 is 0 Å². The molecule has 1 N–H and O–H groups in total. The average molecular weight is 239 g/mol. The number of ether oxygens (including phenoxy) is 1. The van der Waals surface area contributed by atoms with Crippen LogP contribution in [0.25, 0.3) is 0 Å². The maximum Gasteiger partial charge on any atom is 0.240 e. The van der Waals surface area contributed by atoms with E-state index in [1.54, 1.807) is 7.11 Å². The first kappa shape index (κ1) is 12.5. The molecule has 1 aliphatic carbocycles. The number of hydrogen-bond acceptors (Lipinski definition) is 5. The highest BCUT2D eigenvalue weighted by atomic mass is 16.5.